The van der Waals surface area contributed by atoms with Crippen LogP contribution in [0.5, 0.6) is 0 Å². The Labute approximate surface area is 276 Å². The van der Waals surface area contributed by atoms with Crippen LogP contribution in [0.3, 0.4) is 0 Å². The summed E-state index contributed by atoms with van der Waals surface area (Å²) in [5.41, 5.74) is 2.33. The first-order chi connectivity index (χ1) is 18.0. The SMILES string of the molecule is C/C=C(\N=C(C)C)C(C)=O.CCC.CCC1CCC([CH-]c2ccccc2)C(c2[c-]ccc(C(F)(F)F)c2)O1.[K+]. The molecule has 3 nitrogen and oxygen atoms in total. The molecule has 3 unspecified atom stereocenters. The first-order valence-electron chi connectivity index (χ1n) is 13.3. The average molecular weight is 569 g/mol. The van der Waals surface area contributed by atoms with Crippen LogP contribution in [0.2, 0.25) is 0 Å². The Hall–Kier alpha value is -1.22. The number of carbonyl (C=O) groups is 1. The number of aliphatic imine (C=N–C) groups is 1. The minimum absolute atomic E-state index is 0. The zero-order chi connectivity index (χ0) is 28.7. The minimum Gasteiger partial charge on any atom is -0.373 e. The molecule has 1 aliphatic heterocycles. The van der Waals surface area contributed by atoms with Crippen LogP contribution in [0.1, 0.15) is 96.9 Å². The number of hydrogen-bond donors (Lipinski definition) is 0. The molecule has 0 amide bonds. The number of Topliss-reactive ketones (excluding diaryl/α,β-unsaturated/α-hetero) is 1. The molecule has 0 aliphatic carbocycles. The van der Waals surface area contributed by atoms with Gasteiger partial charge in [0.2, 0.25) is 0 Å². The van der Waals surface area contributed by atoms with Crippen molar-refractivity contribution in [3.8, 4) is 0 Å². The van der Waals surface area contributed by atoms with E-state index in [0.29, 0.717) is 11.3 Å². The van der Waals surface area contributed by atoms with Gasteiger partial charge in [-0.15, -0.1) is 17.7 Å². The third kappa shape index (κ3) is 14.3. The summed E-state index contributed by atoms with van der Waals surface area (Å²) in [6.07, 6.45) is 3.05. The second-order valence-corrected chi connectivity index (χ2v) is 9.43. The Morgan fingerprint density at radius 2 is 1.72 bits per heavy atom. The van der Waals surface area contributed by atoms with E-state index in [2.05, 4.69) is 31.3 Å². The third-order valence-corrected chi connectivity index (χ3v) is 5.65. The van der Waals surface area contributed by atoms with Crippen molar-refractivity contribution in [3.63, 3.8) is 0 Å². The van der Waals surface area contributed by atoms with Gasteiger partial charge in [-0.3, -0.25) is 9.79 Å². The molecule has 1 aliphatic rings. The van der Waals surface area contributed by atoms with Crippen LogP contribution in [0, 0.1) is 18.4 Å². The van der Waals surface area contributed by atoms with Crippen LogP contribution in [-0.4, -0.2) is 17.6 Å². The maximum absolute atomic E-state index is 13.1. The van der Waals surface area contributed by atoms with E-state index in [0.717, 1.165) is 36.6 Å². The number of ketones is 1. The van der Waals surface area contributed by atoms with Crippen LogP contribution in [-0.2, 0) is 15.7 Å². The summed E-state index contributed by atoms with van der Waals surface area (Å²) in [4.78, 5) is 14.8. The number of allylic oxidation sites excluding steroid dienone is 2. The maximum Gasteiger partial charge on any atom is 1.00 e. The van der Waals surface area contributed by atoms with Crippen LogP contribution in [0.15, 0.2) is 65.3 Å². The standard InChI is InChI=1S/C21H21F3O.C8H13NO.C3H8.K/c1-2-19-12-11-17(13-15-7-4-3-5-8-15)20(25-19)16-9-6-10-18(14-16)21(22,23)24;1-5-8(7(4)10)9-6(2)3;1-3-2;/h3-8,10,13-14,17,19-20H,2,11-12H2,1H3;5H,1-4H3;3H2,1-2H3;/q-2;;;+1/b;8-5-;;. The van der Waals surface area contributed by atoms with Gasteiger partial charge < -0.3 is 4.74 Å². The Bertz CT molecular complexity index is 1030. The fourth-order valence-electron chi connectivity index (χ4n) is 3.91. The Balaban J connectivity index is 0.000000872. The predicted octanol–water partition coefficient (Wildman–Crippen LogP) is 6.38. The summed E-state index contributed by atoms with van der Waals surface area (Å²) >= 11 is 0. The van der Waals surface area contributed by atoms with Crippen molar-refractivity contribution in [2.45, 2.75) is 92.5 Å². The number of benzene rings is 2. The van der Waals surface area contributed by atoms with Gasteiger partial charge in [0.15, 0.2) is 5.78 Å². The molecule has 0 saturated carbocycles. The van der Waals surface area contributed by atoms with E-state index in [1.165, 1.54) is 25.5 Å². The molecule has 2 aromatic rings. The van der Waals surface area contributed by atoms with E-state index in [4.69, 9.17) is 4.74 Å². The van der Waals surface area contributed by atoms with Gasteiger partial charge in [0.05, 0.1) is 12.2 Å². The van der Waals surface area contributed by atoms with Crippen LogP contribution in [0.4, 0.5) is 13.2 Å². The summed E-state index contributed by atoms with van der Waals surface area (Å²) in [7, 11) is 0. The number of nitrogens with zero attached hydrogens (tertiary/aromatic N) is 1. The van der Waals surface area contributed by atoms with Crippen molar-refractivity contribution in [1.82, 2.24) is 0 Å². The molecule has 39 heavy (non-hydrogen) atoms. The van der Waals surface area contributed by atoms with Gasteiger partial charge in [0.1, 0.15) is 5.70 Å². The van der Waals surface area contributed by atoms with Gasteiger partial charge in [-0.05, 0) is 39.5 Å². The van der Waals surface area contributed by atoms with Crippen LogP contribution < -0.4 is 51.4 Å². The maximum atomic E-state index is 13.1. The van der Waals surface area contributed by atoms with E-state index < -0.39 is 17.8 Å². The van der Waals surface area contributed by atoms with Crippen LogP contribution >= 0.6 is 0 Å². The fourth-order valence-corrected chi connectivity index (χ4v) is 3.91. The Morgan fingerprint density at radius 1 is 1.10 bits per heavy atom. The monoisotopic (exact) mass is 568 g/mol. The first kappa shape index (κ1) is 37.8. The smallest absolute Gasteiger partial charge is 0.373 e. The number of hydrogen-bond acceptors (Lipinski definition) is 3. The fraction of sp³-hybridized carbons (Fsp3) is 0.469. The summed E-state index contributed by atoms with van der Waals surface area (Å²) in [6, 6.07) is 16.4. The molecule has 0 radical (unpaired) electrons. The molecule has 3 atom stereocenters. The summed E-state index contributed by atoms with van der Waals surface area (Å²) in [6.45, 7) is 13.3. The average Bonchev–Trinajstić information content (AvgIpc) is 2.88. The van der Waals surface area contributed by atoms with Crippen molar-refractivity contribution in [3.05, 3.63) is 89.5 Å². The van der Waals surface area contributed by atoms with Gasteiger partial charge in [0, 0.05) is 12.6 Å². The topological polar surface area (TPSA) is 38.7 Å². The molecule has 3 rings (SSSR count). The van der Waals surface area contributed by atoms with E-state index in [-0.39, 0.29) is 69.2 Å². The molecule has 7 heteroatoms. The number of halogens is 3. The molecule has 0 bridgehead atoms. The number of alkyl halides is 3. The van der Waals surface area contributed by atoms with Gasteiger partial charge in [-0.2, -0.15) is 61.6 Å². The first-order valence-corrected chi connectivity index (χ1v) is 13.3. The second kappa shape index (κ2) is 19.8. The molecule has 1 fully saturated rings. The van der Waals surface area contributed by atoms with Crippen molar-refractivity contribution < 1.29 is 74.1 Å². The van der Waals surface area contributed by atoms with E-state index in [9.17, 15) is 18.0 Å². The molecule has 0 aromatic heterocycles. The van der Waals surface area contributed by atoms with Gasteiger partial charge in [-0.25, -0.2) is 0 Å². The van der Waals surface area contributed by atoms with Gasteiger partial charge in [-0.1, -0.05) is 51.3 Å². The third-order valence-electron chi connectivity index (χ3n) is 5.65. The Morgan fingerprint density at radius 3 is 2.18 bits per heavy atom. The quantitative estimate of drug-likeness (QED) is 0.175. The normalized spacial score (nSPS) is 18.7. The van der Waals surface area contributed by atoms with Crippen molar-refractivity contribution in [2.75, 3.05) is 0 Å². The molecular formula is C32H42F3KNO2-. The molecule has 210 valence electrons. The van der Waals surface area contributed by atoms with E-state index in [1.54, 1.807) is 6.08 Å². The molecule has 1 heterocycles. The molecule has 0 spiro atoms. The van der Waals surface area contributed by atoms with Gasteiger partial charge in [0.25, 0.3) is 0 Å². The number of carbonyl (C=O) groups excluding carboxylic acids is 1. The summed E-state index contributed by atoms with van der Waals surface area (Å²) in [5.74, 6) is 0.0497. The predicted molar refractivity (Wildman–Crippen MR) is 150 cm³/mol. The minimum atomic E-state index is -4.36. The molecule has 0 N–H and O–H groups in total. The van der Waals surface area contributed by atoms with E-state index in [1.807, 2.05) is 58.0 Å². The van der Waals surface area contributed by atoms with Crippen molar-refractivity contribution in [1.29, 1.82) is 0 Å². The number of ether oxygens (including phenoxy) is 1. The molecular weight excluding hydrogens is 526 g/mol. The molecule has 2 aromatic carbocycles. The van der Waals surface area contributed by atoms with E-state index >= 15 is 0 Å². The molecule has 1 saturated heterocycles. The largest absolute Gasteiger partial charge is 1.00 e. The Kier molecular flexibility index (Phi) is 19.2. The zero-order valence-electron chi connectivity index (χ0n) is 24.7. The number of rotatable bonds is 6. The van der Waals surface area contributed by atoms with Crippen LogP contribution in [0.25, 0.3) is 0 Å². The zero-order valence-corrected chi connectivity index (χ0v) is 27.9. The summed E-state index contributed by atoms with van der Waals surface area (Å²) < 4.78 is 45.3. The van der Waals surface area contributed by atoms with Crippen molar-refractivity contribution in [2.24, 2.45) is 10.9 Å². The van der Waals surface area contributed by atoms with Crippen molar-refractivity contribution >= 4 is 11.5 Å². The summed E-state index contributed by atoms with van der Waals surface area (Å²) in [5, 5.41) is 0. The van der Waals surface area contributed by atoms with Gasteiger partial charge >= 0.3 is 57.6 Å². The second-order valence-electron chi connectivity index (χ2n) is 9.43.